The molecule has 98 valence electrons. The highest BCUT2D eigenvalue weighted by atomic mass is 32.2. The highest BCUT2D eigenvalue weighted by molar-refractivity contribution is 7.91. The Bertz CT molecular complexity index is 559. The Balaban J connectivity index is 2.14. The van der Waals surface area contributed by atoms with E-state index in [1.807, 2.05) is 13.0 Å². The van der Waals surface area contributed by atoms with Crippen LogP contribution in [-0.4, -0.2) is 27.0 Å². The minimum Gasteiger partial charge on any atom is -0.313 e. The normalized spacial score (nSPS) is 24.7. The molecule has 1 saturated heterocycles. The molecule has 5 nitrogen and oxygen atoms in total. The van der Waals surface area contributed by atoms with E-state index in [1.54, 1.807) is 0 Å². The second-order valence-electron chi connectivity index (χ2n) is 4.34. The van der Waals surface area contributed by atoms with E-state index < -0.39 is 10.0 Å². The lowest BCUT2D eigenvalue weighted by Gasteiger charge is -2.30. The van der Waals surface area contributed by atoms with Crippen molar-refractivity contribution in [3.8, 4) is 6.07 Å². The number of hydrogen-bond donors (Lipinski definition) is 2. The number of nitrogens with one attached hydrogen (secondary N) is 2. The van der Waals surface area contributed by atoms with E-state index in [0.29, 0.717) is 4.88 Å². The van der Waals surface area contributed by atoms with Crippen molar-refractivity contribution in [2.45, 2.75) is 36.1 Å². The molecule has 1 aromatic rings. The van der Waals surface area contributed by atoms with Crippen molar-refractivity contribution in [3.05, 3.63) is 17.0 Å². The van der Waals surface area contributed by atoms with Crippen LogP contribution in [0.5, 0.6) is 0 Å². The van der Waals surface area contributed by atoms with Gasteiger partial charge in [-0.3, -0.25) is 0 Å². The highest BCUT2D eigenvalue weighted by Gasteiger charge is 2.27. The van der Waals surface area contributed by atoms with Crippen LogP contribution in [0.3, 0.4) is 0 Å². The fourth-order valence-corrected chi connectivity index (χ4v) is 4.46. The predicted octanol–water partition coefficient (Wildman–Crippen LogP) is 1.04. The van der Waals surface area contributed by atoms with Gasteiger partial charge in [-0.25, -0.2) is 13.1 Å². The molecule has 2 rings (SSSR count). The summed E-state index contributed by atoms with van der Waals surface area (Å²) in [5, 5.41) is 12.0. The number of hydrogen-bond acceptors (Lipinski definition) is 5. The molecule has 0 aliphatic carbocycles. The molecule has 0 aromatic carbocycles. The second-order valence-corrected chi connectivity index (χ2v) is 7.37. The summed E-state index contributed by atoms with van der Waals surface area (Å²) in [7, 11) is -3.50. The molecule has 1 aliphatic heterocycles. The topological polar surface area (TPSA) is 82.0 Å². The van der Waals surface area contributed by atoms with Gasteiger partial charge in [0.25, 0.3) is 0 Å². The first-order valence-corrected chi connectivity index (χ1v) is 8.08. The molecule has 1 aliphatic rings. The van der Waals surface area contributed by atoms with Gasteiger partial charge in [-0.2, -0.15) is 5.26 Å². The van der Waals surface area contributed by atoms with Crippen LogP contribution in [0.4, 0.5) is 0 Å². The van der Waals surface area contributed by atoms with Crippen molar-refractivity contribution in [2.75, 3.05) is 6.54 Å². The zero-order valence-corrected chi connectivity index (χ0v) is 11.6. The number of thiophene rings is 1. The lowest BCUT2D eigenvalue weighted by molar-refractivity contribution is 0.349. The number of rotatable bonds is 3. The summed E-state index contributed by atoms with van der Waals surface area (Å²) >= 11 is 0.998. The quantitative estimate of drug-likeness (QED) is 0.869. The van der Waals surface area contributed by atoms with Crippen molar-refractivity contribution in [1.29, 1.82) is 5.26 Å². The van der Waals surface area contributed by atoms with Gasteiger partial charge in [0.1, 0.15) is 15.2 Å². The summed E-state index contributed by atoms with van der Waals surface area (Å²) in [6.07, 6.45) is 1.80. The van der Waals surface area contributed by atoms with E-state index in [-0.39, 0.29) is 16.3 Å². The summed E-state index contributed by atoms with van der Waals surface area (Å²) in [5.74, 6) is 0. The van der Waals surface area contributed by atoms with Crippen molar-refractivity contribution in [2.24, 2.45) is 0 Å². The van der Waals surface area contributed by atoms with Crippen molar-refractivity contribution < 1.29 is 8.42 Å². The minimum atomic E-state index is -3.50. The predicted molar refractivity (Wildman–Crippen MR) is 69.8 cm³/mol. The van der Waals surface area contributed by atoms with Gasteiger partial charge in [0.05, 0.1) is 0 Å². The summed E-state index contributed by atoms with van der Waals surface area (Å²) < 4.78 is 27.2. The molecule has 18 heavy (non-hydrogen) atoms. The Morgan fingerprint density at radius 1 is 1.56 bits per heavy atom. The fourth-order valence-electron chi connectivity index (χ4n) is 1.99. The van der Waals surface area contributed by atoms with Gasteiger partial charge in [-0.1, -0.05) is 0 Å². The lowest BCUT2D eigenvalue weighted by Crippen LogP contribution is -2.51. The highest BCUT2D eigenvalue weighted by Crippen LogP contribution is 2.22. The lowest BCUT2D eigenvalue weighted by atomic mass is 10.0. The van der Waals surface area contributed by atoms with E-state index in [1.165, 1.54) is 12.1 Å². The first kappa shape index (κ1) is 13.5. The Morgan fingerprint density at radius 2 is 2.33 bits per heavy atom. The Morgan fingerprint density at radius 3 is 2.94 bits per heavy atom. The first-order valence-electron chi connectivity index (χ1n) is 5.78. The van der Waals surface area contributed by atoms with Gasteiger partial charge in [-0.15, -0.1) is 11.3 Å². The average Bonchev–Trinajstić information content (AvgIpc) is 2.81. The van der Waals surface area contributed by atoms with Crippen LogP contribution in [0.15, 0.2) is 16.3 Å². The number of nitriles is 1. The Hall–Kier alpha value is -0.940. The minimum absolute atomic E-state index is 0.0867. The molecule has 7 heteroatoms. The number of sulfonamides is 1. The van der Waals surface area contributed by atoms with Crippen LogP contribution < -0.4 is 10.0 Å². The third-order valence-corrected chi connectivity index (χ3v) is 6.00. The Kier molecular flexibility index (Phi) is 4.02. The summed E-state index contributed by atoms with van der Waals surface area (Å²) in [4.78, 5) is 0.408. The third-order valence-electron chi connectivity index (χ3n) is 3.02. The zero-order valence-electron chi connectivity index (χ0n) is 10.0. The van der Waals surface area contributed by atoms with Gasteiger partial charge >= 0.3 is 0 Å². The van der Waals surface area contributed by atoms with Gasteiger partial charge in [-0.05, 0) is 38.4 Å². The van der Waals surface area contributed by atoms with Crippen LogP contribution in [0.25, 0.3) is 0 Å². The molecular weight excluding hydrogens is 270 g/mol. The summed E-state index contributed by atoms with van der Waals surface area (Å²) in [5.41, 5.74) is 0. The van der Waals surface area contributed by atoms with E-state index in [0.717, 1.165) is 30.7 Å². The van der Waals surface area contributed by atoms with Crippen molar-refractivity contribution in [3.63, 3.8) is 0 Å². The molecular formula is C11H15N3O2S2. The van der Waals surface area contributed by atoms with E-state index in [9.17, 15) is 8.42 Å². The Labute approximate surface area is 111 Å². The molecule has 0 saturated carbocycles. The van der Waals surface area contributed by atoms with Crippen molar-refractivity contribution >= 4 is 21.4 Å². The molecule has 0 amide bonds. The number of piperidine rings is 1. The van der Waals surface area contributed by atoms with Crippen LogP contribution in [0.1, 0.15) is 24.6 Å². The maximum absolute atomic E-state index is 12.1. The summed E-state index contributed by atoms with van der Waals surface area (Å²) in [6, 6.07) is 5.00. The maximum Gasteiger partial charge on any atom is 0.250 e. The molecule has 0 bridgehead atoms. The standard InChI is InChI=1S/C11H15N3O2S2/c1-8-10(3-2-6-13-8)14-18(15,16)11-5-4-9(7-12)17-11/h4-5,8,10,13-14H,2-3,6H2,1H3. The van der Waals surface area contributed by atoms with Gasteiger partial charge in [0, 0.05) is 12.1 Å². The number of nitrogens with zero attached hydrogens (tertiary/aromatic N) is 1. The van der Waals surface area contributed by atoms with Crippen LogP contribution in [0, 0.1) is 11.3 Å². The van der Waals surface area contributed by atoms with E-state index in [4.69, 9.17) is 5.26 Å². The molecule has 0 radical (unpaired) electrons. The van der Waals surface area contributed by atoms with Crippen LogP contribution >= 0.6 is 11.3 Å². The van der Waals surface area contributed by atoms with Crippen molar-refractivity contribution in [1.82, 2.24) is 10.0 Å². The SMILES string of the molecule is CC1NCCCC1NS(=O)(=O)c1ccc(C#N)s1. The average molecular weight is 285 g/mol. The van der Waals surface area contributed by atoms with E-state index >= 15 is 0 Å². The monoisotopic (exact) mass is 285 g/mol. The maximum atomic E-state index is 12.1. The molecule has 2 unspecified atom stereocenters. The molecule has 1 aromatic heterocycles. The van der Waals surface area contributed by atoms with Gasteiger partial charge < -0.3 is 5.32 Å². The second kappa shape index (κ2) is 5.36. The van der Waals surface area contributed by atoms with Gasteiger partial charge in [0.15, 0.2) is 0 Å². The third kappa shape index (κ3) is 2.90. The first-order chi connectivity index (χ1) is 8.53. The van der Waals surface area contributed by atoms with E-state index in [2.05, 4.69) is 10.0 Å². The molecule has 1 fully saturated rings. The molecule has 2 heterocycles. The largest absolute Gasteiger partial charge is 0.313 e. The summed E-state index contributed by atoms with van der Waals surface area (Å²) in [6.45, 7) is 2.90. The smallest absolute Gasteiger partial charge is 0.250 e. The molecule has 0 spiro atoms. The molecule has 2 N–H and O–H groups in total. The van der Waals surface area contributed by atoms with Crippen LogP contribution in [0.2, 0.25) is 0 Å². The zero-order chi connectivity index (χ0) is 13.2. The van der Waals surface area contributed by atoms with Gasteiger partial charge in [0.2, 0.25) is 10.0 Å². The molecule has 2 atom stereocenters. The fraction of sp³-hybridized carbons (Fsp3) is 0.545. The van der Waals surface area contributed by atoms with Crippen LogP contribution in [-0.2, 0) is 10.0 Å².